The third kappa shape index (κ3) is 7.27. The van der Waals surface area contributed by atoms with Crippen molar-refractivity contribution in [2.24, 2.45) is 0 Å². The number of aryl methyl sites for hydroxylation is 1. The third-order valence-electron chi connectivity index (χ3n) is 2.98. The second-order valence-corrected chi connectivity index (χ2v) is 8.59. The zero-order chi connectivity index (χ0) is 21.1. The molecule has 0 radical (unpaired) electrons. The van der Waals surface area contributed by atoms with E-state index in [9.17, 15) is 43.2 Å². The van der Waals surface area contributed by atoms with E-state index in [4.69, 9.17) is 0 Å². The summed E-state index contributed by atoms with van der Waals surface area (Å²) in [5.74, 6) is -1.18. The lowest BCUT2D eigenvalue weighted by atomic mass is 10.1. The van der Waals surface area contributed by atoms with Crippen LogP contribution in [0.2, 0.25) is 0 Å². The van der Waals surface area contributed by atoms with Gasteiger partial charge in [0.05, 0.1) is 12.4 Å². The minimum atomic E-state index is -5.92. The van der Waals surface area contributed by atoms with Crippen molar-refractivity contribution in [3.63, 3.8) is 0 Å². The van der Waals surface area contributed by atoms with E-state index in [2.05, 4.69) is 8.37 Å². The van der Waals surface area contributed by atoms with Crippen LogP contribution in [0.25, 0.3) is 0 Å². The van der Waals surface area contributed by atoms with Crippen LogP contribution in [0.3, 0.4) is 0 Å². The van der Waals surface area contributed by atoms with Gasteiger partial charge in [0, 0.05) is 0 Å². The molecule has 1 aromatic carbocycles. The normalized spacial score (nSPS) is 14.9. The number of rotatable bonds is 8. The molecule has 156 valence electrons. The molecule has 0 spiro atoms. The van der Waals surface area contributed by atoms with Crippen molar-refractivity contribution in [3.05, 3.63) is 35.4 Å². The first-order chi connectivity index (χ1) is 12.1. The lowest BCUT2D eigenvalue weighted by molar-refractivity contribution is -0.196. The van der Waals surface area contributed by atoms with Gasteiger partial charge in [0.2, 0.25) is 0 Å². The summed E-state index contributed by atoms with van der Waals surface area (Å²) < 4.78 is 128. The van der Waals surface area contributed by atoms with Crippen molar-refractivity contribution in [2.45, 2.75) is 31.1 Å². The SMILES string of the molecule is Cc1ccc(C(OS(=O)(=O)CCCOS(=O)(=O)C(F)(F)F)C(F)(F)F)cc1. The van der Waals surface area contributed by atoms with Crippen LogP contribution in [0.15, 0.2) is 24.3 Å². The topological polar surface area (TPSA) is 86.7 Å². The fraction of sp³-hybridized carbons (Fsp3) is 0.538. The van der Waals surface area contributed by atoms with E-state index in [0.717, 1.165) is 12.1 Å². The molecule has 6 nitrogen and oxygen atoms in total. The van der Waals surface area contributed by atoms with Crippen LogP contribution in [-0.4, -0.2) is 40.9 Å². The van der Waals surface area contributed by atoms with Crippen LogP contribution < -0.4 is 0 Å². The molecule has 27 heavy (non-hydrogen) atoms. The van der Waals surface area contributed by atoms with Gasteiger partial charge in [0.25, 0.3) is 10.1 Å². The zero-order valence-corrected chi connectivity index (χ0v) is 15.2. The Morgan fingerprint density at radius 1 is 0.963 bits per heavy atom. The van der Waals surface area contributed by atoms with Gasteiger partial charge >= 0.3 is 21.8 Å². The van der Waals surface area contributed by atoms with Crippen LogP contribution >= 0.6 is 0 Å². The smallest absolute Gasteiger partial charge is 0.263 e. The fourth-order valence-electron chi connectivity index (χ4n) is 1.71. The Labute approximate surface area is 151 Å². The molecule has 0 aliphatic carbocycles. The number of benzene rings is 1. The van der Waals surface area contributed by atoms with Gasteiger partial charge in [0.1, 0.15) is 0 Å². The van der Waals surface area contributed by atoms with E-state index >= 15 is 0 Å². The van der Waals surface area contributed by atoms with E-state index < -0.39 is 62.4 Å². The summed E-state index contributed by atoms with van der Waals surface area (Å²) in [7, 11) is -10.8. The van der Waals surface area contributed by atoms with Crippen molar-refractivity contribution in [3.8, 4) is 0 Å². The molecule has 1 aromatic rings. The Morgan fingerprint density at radius 2 is 1.48 bits per heavy atom. The average Bonchev–Trinajstić information content (AvgIpc) is 2.48. The highest BCUT2D eigenvalue weighted by Gasteiger charge is 2.47. The molecule has 0 fully saturated rings. The molecule has 0 bridgehead atoms. The Hall–Kier alpha value is -1.38. The molecule has 0 aliphatic heterocycles. The molecule has 1 atom stereocenters. The summed E-state index contributed by atoms with van der Waals surface area (Å²) in [5.41, 5.74) is -5.58. The third-order valence-corrected chi connectivity index (χ3v) is 5.30. The van der Waals surface area contributed by atoms with E-state index in [1.165, 1.54) is 12.1 Å². The molecule has 0 saturated carbocycles. The zero-order valence-electron chi connectivity index (χ0n) is 13.5. The number of hydrogen-bond acceptors (Lipinski definition) is 6. The van der Waals surface area contributed by atoms with Gasteiger partial charge in [-0.25, -0.2) is 0 Å². The van der Waals surface area contributed by atoms with Gasteiger partial charge in [0.15, 0.2) is 6.10 Å². The maximum atomic E-state index is 13.1. The Bertz CT molecular complexity index is 828. The molecule has 1 rings (SSSR count). The standard InChI is InChI=1S/C13H14F6O6S2/c1-9-3-5-10(6-4-9)11(12(14,15)16)25-26(20,21)8-2-7-24-27(22,23)13(17,18)19/h3-6,11H,2,7-8H2,1H3. The average molecular weight is 444 g/mol. The number of alkyl halides is 6. The van der Waals surface area contributed by atoms with Crippen molar-refractivity contribution in [1.82, 2.24) is 0 Å². The van der Waals surface area contributed by atoms with Crippen LogP contribution in [-0.2, 0) is 28.6 Å². The largest absolute Gasteiger partial charge is 0.523 e. The van der Waals surface area contributed by atoms with Gasteiger partial charge in [-0.2, -0.15) is 43.2 Å². The summed E-state index contributed by atoms with van der Waals surface area (Å²) in [4.78, 5) is 0. The fourth-order valence-corrected chi connectivity index (χ4v) is 3.26. The van der Waals surface area contributed by atoms with Crippen molar-refractivity contribution < 1.29 is 51.5 Å². The van der Waals surface area contributed by atoms with Crippen molar-refractivity contribution >= 4 is 20.2 Å². The second kappa shape index (κ2) is 8.32. The van der Waals surface area contributed by atoms with Crippen molar-refractivity contribution in [2.75, 3.05) is 12.4 Å². The highest BCUT2D eigenvalue weighted by Crippen LogP contribution is 2.37. The number of halogens is 6. The first-order valence-corrected chi connectivity index (χ1v) is 10.0. The predicted octanol–water partition coefficient (Wildman–Crippen LogP) is 3.20. The van der Waals surface area contributed by atoms with Crippen LogP contribution in [0, 0.1) is 6.92 Å². The summed E-state index contributed by atoms with van der Waals surface area (Å²) in [6.07, 6.45) is -8.74. The molecule has 0 aliphatic rings. The Balaban J connectivity index is 2.77. The molecule has 0 N–H and O–H groups in total. The van der Waals surface area contributed by atoms with Crippen LogP contribution in [0.4, 0.5) is 26.3 Å². The lowest BCUT2D eigenvalue weighted by Crippen LogP contribution is -2.28. The van der Waals surface area contributed by atoms with Gasteiger partial charge in [-0.05, 0) is 18.9 Å². The molecule has 0 heterocycles. The second-order valence-electron chi connectivity index (χ2n) is 5.27. The first-order valence-electron chi connectivity index (χ1n) is 7.05. The van der Waals surface area contributed by atoms with Gasteiger partial charge in [-0.15, -0.1) is 0 Å². The highest BCUT2D eigenvalue weighted by molar-refractivity contribution is 7.87. The van der Waals surface area contributed by atoms with E-state index in [1.807, 2.05) is 0 Å². The lowest BCUT2D eigenvalue weighted by Gasteiger charge is -2.21. The van der Waals surface area contributed by atoms with E-state index in [0.29, 0.717) is 5.56 Å². The van der Waals surface area contributed by atoms with Crippen molar-refractivity contribution in [1.29, 1.82) is 0 Å². The van der Waals surface area contributed by atoms with E-state index in [-0.39, 0.29) is 0 Å². The first kappa shape index (κ1) is 23.7. The molecule has 1 unspecified atom stereocenters. The predicted molar refractivity (Wildman–Crippen MR) is 80.4 cm³/mol. The Kier molecular flexibility index (Phi) is 7.29. The quantitative estimate of drug-likeness (QED) is 0.265. The van der Waals surface area contributed by atoms with Gasteiger partial charge in [-0.1, -0.05) is 29.8 Å². The maximum absolute atomic E-state index is 13.1. The highest BCUT2D eigenvalue weighted by atomic mass is 32.2. The molecule has 0 amide bonds. The van der Waals surface area contributed by atoms with Gasteiger partial charge < -0.3 is 0 Å². The Morgan fingerprint density at radius 3 is 1.93 bits per heavy atom. The molecular weight excluding hydrogens is 430 g/mol. The monoisotopic (exact) mass is 444 g/mol. The van der Waals surface area contributed by atoms with Crippen LogP contribution in [0.5, 0.6) is 0 Å². The molecule has 14 heteroatoms. The molecule has 0 aromatic heterocycles. The molecule has 0 saturated heterocycles. The van der Waals surface area contributed by atoms with Gasteiger partial charge in [-0.3, -0.25) is 8.37 Å². The van der Waals surface area contributed by atoms with E-state index in [1.54, 1.807) is 6.92 Å². The minimum Gasteiger partial charge on any atom is -0.263 e. The molecular formula is C13H14F6O6S2. The number of hydrogen-bond donors (Lipinski definition) is 0. The summed E-state index contributed by atoms with van der Waals surface area (Å²) in [6.45, 7) is 0.393. The summed E-state index contributed by atoms with van der Waals surface area (Å²) in [5, 5.41) is 0. The maximum Gasteiger partial charge on any atom is 0.523 e. The summed E-state index contributed by atoms with van der Waals surface area (Å²) in [6, 6.07) is 4.64. The summed E-state index contributed by atoms with van der Waals surface area (Å²) >= 11 is 0. The minimum absolute atomic E-state index is 0.493. The van der Waals surface area contributed by atoms with Crippen LogP contribution in [0.1, 0.15) is 23.7 Å².